The zero-order valence-corrected chi connectivity index (χ0v) is 13.8. The molecule has 1 saturated heterocycles. The first-order valence-corrected chi connectivity index (χ1v) is 8.27. The van der Waals surface area contributed by atoms with Crippen LogP contribution in [0.15, 0.2) is 42.5 Å². The topological polar surface area (TPSA) is 75.7 Å². The Morgan fingerprint density at radius 2 is 1.88 bits per heavy atom. The second kappa shape index (κ2) is 6.84. The average Bonchev–Trinajstić information content (AvgIpc) is 3.23. The summed E-state index contributed by atoms with van der Waals surface area (Å²) >= 11 is 1.04. The molecule has 7 heteroatoms. The Morgan fingerprint density at radius 1 is 1.17 bits per heavy atom. The van der Waals surface area contributed by atoms with E-state index in [1.807, 2.05) is 30.3 Å². The van der Waals surface area contributed by atoms with Crippen molar-refractivity contribution < 1.29 is 19.1 Å². The average molecular weight is 344 g/mol. The van der Waals surface area contributed by atoms with E-state index in [1.165, 1.54) is 13.2 Å². The van der Waals surface area contributed by atoms with Crippen molar-refractivity contribution in [2.45, 2.75) is 12.5 Å². The predicted molar refractivity (Wildman–Crippen MR) is 90.3 cm³/mol. The number of benzene rings is 1. The third-order valence-corrected chi connectivity index (χ3v) is 4.86. The highest BCUT2D eigenvalue weighted by atomic mass is 32.1. The third kappa shape index (κ3) is 3.16. The van der Waals surface area contributed by atoms with Crippen molar-refractivity contribution in [3.63, 3.8) is 0 Å². The largest absolute Gasteiger partial charge is 0.465 e. The Bertz CT molecular complexity index is 772. The fraction of sp³-hybridized carbons (Fsp3) is 0.235. The van der Waals surface area contributed by atoms with Gasteiger partial charge in [0.15, 0.2) is 0 Å². The molecular formula is C17H16N2O4S. The van der Waals surface area contributed by atoms with E-state index in [1.54, 1.807) is 11.0 Å². The number of esters is 1. The van der Waals surface area contributed by atoms with E-state index in [0.29, 0.717) is 22.7 Å². The minimum absolute atomic E-state index is 0.126. The van der Waals surface area contributed by atoms with Crippen LogP contribution in [0.5, 0.6) is 0 Å². The molecule has 1 unspecified atom stereocenters. The molecule has 1 fully saturated rings. The standard InChI is InChI=1S/C17H16N2O4S/c1-23-17(22)14-8-7-13(24-14)15(20)18-12-9-10-19(16(12)21)11-5-3-2-4-6-11/h2-8,12H,9-10H2,1H3,(H,18,20). The van der Waals surface area contributed by atoms with Crippen molar-refractivity contribution >= 4 is 34.8 Å². The van der Waals surface area contributed by atoms with Crippen molar-refractivity contribution in [2.24, 2.45) is 0 Å². The van der Waals surface area contributed by atoms with Gasteiger partial charge in [0.1, 0.15) is 10.9 Å². The molecule has 1 atom stereocenters. The number of amides is 2. The monoisotopic (exact) mass is 344 g/mol. The summed E-state index contributed by atoms with van der Waals surface area (Å²) in [4.78, 5) is 38.6. The molecule has 1 aliphatic heterocycles. The van der Waals surface area contributed by atoms with Crippen molar-refractivity contribution in [2.75, 3.05) is 18.6 Å². The highest BCUT2D eigenvalue weighted by Crippen LogP contribution is 2.22. The molecule has 6 nitrogen and oxygen atoms in total. The molecule has 1 aromatic carbocycles. The maximum Gasteiger partial charge on any atom is 0.348 e. The molecule has 1 aliphatic rings. The number of hydrogen-bond donors (Lipinski definition) is 1. The van der Waals surface area contributed by atoms with E-state index >= 15 is 0 Å². The van der Waals surface area contributed by atoms with Crippen molar-refractivity contribution in [3.05, 3.63) is 52.2 Å². The first kappa shape index (κ1) is 16.2. The van der Waals surface area contributed by atoms with Crippen molar-refractivity contribution in [1.29, 1.82) is 0 Å². The number of nitrogens with zero attached hydrogens (tertiary/aromatic N) is 1. The summed E-state index contributed by atoms with van der Waals surface area (Å²) in [7, 11) is 1.29. The van der Waals surface area contributed by atoms with E-state index in [9.17, 15) is 14.4 Å². The fourth-order valence-electron chi connectivity index (χ4n) is 2.58. The third-order valence-electron chi connectivity index (χ3n) is 3.80. The molecule has 2 aromatic rings. The summed E-state index contributed by atoms with van der Waals surface area (Å²) < 4.78 is 4.62. The highest BCUT2D eigenvalue weighted by molar-refractivity contribution is 7.15. The number of rotatable bonds is 4. The summed E-state index contributed by atoms with van der Waals surface area (Å²) in [6.07, 6.45) is 0.550. The predicted octanol–water partition coefficient (Wildman–Crippen LogP) is 2.07. The van der Waals surface area contributed by atoms with E-state index in [0.717, 1.165) is 17.0 Å². The van der Waals surface area contributed by atoms with Crippen LogP contribution < -0.4 is 10.2 Å². The molecule has 24 heavy (non-hydrogen) atoms. The van der Waals surface area contributed by atoms with E-state index in [-0.39, 0.29) is 11.8 Å². The lowest BCUT2D eigenvalue weighted by Gasteiger charge is -2.17. The molecule has 124 valence electrons. The second-order valence-electron chi connectivity index (χ2n) is 5.30. The fourth-order valence-corrected chi connectivity index (χ4v) is 3.41. The van der Waals surface area contributed by atoms with Crippen molar-refractivity contribution in [1.82, 2.24) is 5.32 Å². The van der Waals surface area contributed by atoms with Crippen LogP contribution in [0.1, 0.15) is 25.8 Å². The van der Waals surface area contributed by atoms with Gasteiger partial charge in [0.05, 0.1) is 12.0 Å². The zero-order valence-electron chi connectivity index (χ0n) is 13.0. The van der Waals surface area contributed by atoms with Gasteiger partial charge in [-0.3, -0.25) is 9.59 Å². The van der Waals surface area contributed by atoms with Gasteiger partial charge in [-0.2, -0.15) is 0 Å². The smallest absolute Gasteiger partial charge is 0.348 e. The zero-order chi connectivity index (χ0) is 17.1. The van der Waals surface area contributed by atoms with Crippen LogP contribution >= 0.6 is 11.3 Å². The Labute approximate surface area is 143 Å². The number of thiophene rings is 1. The molecule has 0 radical (unpaired) electrons. The van der Waals surface area contributed by atoms with Gasteiger partial charge in [-0.15, -0.1) is 11.3 Å². The van der Waals surface area contributed by atoms with Crippen LogP contribution in [-0.4, -0.2) is 37.5 Å². The van der Waals surface area contributed by atoms with E-state index < -0.39 is 12.0 Å². The van der Waals surface area contributed by atoms with Gasteiger partial charge in [-0.1, -0.05) is 18.2 Å². The summed E-state index contributed by atoms with van der Waals surface area (Å²) in [6.45, 7) is 0.561. The molecule has 1 N–H and O–H groups in total. The summed E-state index contributed by atoms with van der Waals surface area (Å²) in [6, 6.07) is 11.9. The molecule has 2 heterocycles. The number of ether oxygens (including phenoxy) is 1. The van der Waals surface area contributed by atoms with E-state index in [2.05, 4.69) is 10.1 Å². The number of carbonyl (C=O) groups excluding carboxylic acids is 3. The maximum atomic E-state index is 12.5. The van der Waals surface area contributed by atoms with Crippen LogP contribution in [0.25, 0.3) is 0 Å². The number of anilines is 1. The van der Waals surface area contributed by atoms with Gasteiger partial charge in [-0.25, -0.2) is 4.79 Å². The van der Waals surface area contributed by atoms with Gasteiger partial charge in [-0.05, 0) is 30.7 Å². The quantitative estimate of drug-likeness (QED) is 0.862. The Balaban J connectivity index is 1.66. The Morgan fingerprint density at radius 3 is 2.58 bits per heavy atom. The molecular weight excluding hydrogens is 328 g/mol. The van der Waals surface area contributed by atoms with Crippen LogP contribution in [0.3, 0.4) is 0 Å². The molecule has 0 spiro atoms. The minimum Gasteiger partial charge on any atom is -0.465 e. The van der Waals surface area contributed by atoms with Gasteiger partial charge in [0, 0.05) is 12.2 Å². The lowest BCUT2D eigenvalue weighted by atomic mass is 10.2. The Kier molecular flexibility index (Phi) is 4.61. The first-order chi connectivity index (χ1) is 11.6. The highest BCUT2D eigenvalue weighted by Gasteiger charge is 2.34. The van der Waals surface area contributed by atoms with Gasteiger partial charge in [0.2, 0.25) is 5.91 Å². The molecule has 0 bridgehead atoms. The van der Waals surface area contributed by atoms with Crippen molar-refractivity contribution in [3.8, 4) is 0 Å². The summed E-state index contributed by atoms with van der Waals surface area (Å²) in [5.74, 6) is -0.964. The SMILES string of the molecule is COC(=O)c1ccc(C(=O)NC2CCN(c3ccccc3)C2=O)s1. The molecule has 1 aromatic heterocycles. The summed E-state index contributed by atoms with van der Waals surface area (Å²) in [5.41, 5.74) is 0.823. The lowest BCUT2D eigenvalue weighted by Crippen LogP contribution is -2.41. The van der Waals surface area contributed by atoms with Crippen LogP contribution in [0.4, 0.5) is 5.69 Å². The second-order valence-corrected chi connectivity index (χ2v) is 6.38. The number of nitrogens with one attached hydrogen (secondary N) is 1. The van der Waals surface area contributed by atoms with Crippen LogP contribution in [0.2, 0.25) is 0 Å². The number of para-hydroxylation sites is 1. The van der Waals surface area contributed by atoms with Gasteiger partial charge >= 0.3 is 5.97 Å². The van der Waals surface area contributed by atoms with Gasteiger partial charge in [0.25, 0.3) is 5.91 Å². The lowest BCUT2D eigenvalue weighted by molar-refractivity contribution is -0.118. The van der Waals surface area contributed by atoms with Crippen LogP contribution in [-0.2, 0) is 9.53 Å². The molecule has 3 rings (SSSR count). The van der Waals surface area contributed by atoms with E-state index in [4.69, 9.17) is 0 Å². The van der Waals surface area contributed by atoms with Gasteiger partial charge < -0.3 is 15.0 Å². The number of carbonyl (C=O) groups is 3. The molecule has 0 saturated carbocycles. The molecule has 2 amide bonds. The first-order valence-electron chi connectivity index (χ1n) is 7.45. The maximum absolute atomic E-state index is 12.5. The number of hydrogen-bond acceptors (Lipinski definition) is 5. The number of methoxy groups -OCH3 is 1. The molecule has 0 aliphatic carbocycles. The minimum atomic E-state index is -0.554. The summed E-state index contributed by atoms with van der Waals surface area (Å²) in [5, 5.41) is 2.74. The van der Waals surface area contributed by atoms with Crippen LogP contribution in [0, 0.1) is 0 Å². The normalized spacial score (nSPS) is 17.0. The Hall–Kier alpha value is -2.67.